The molecule has 0 bridgehead atoms. The molecule has 0 aromatic carbocycles. The molecule has 4 atom stereocenters. The van der Waals surface area contributed by atoms with E-state index < -0.39 is 0 Å². The molecule has 0 N–H and O–H groups in total. The van der Waals surface area contributed by atoms with Crippen LogP contribution in [0.1, 0.15) is 25.7 Å². The van der Waals surface area contributed by atoms with Crippen LogP contribution in [-0.4, -0.2) is 91.9 Å². The Morgan fingerprint density at radius 3 is 1.50 bits per heavy atom. The SMILES string of the molecule is [Se]=C(CC1CS1)CC1C[Se]C(CC(=[Se])CC2CS2)C[Se]1. The molecule has 112 valence electrons. The van der Waals surface area contributed by atoms with E-state index in [1.807, 2.05) is 0 Å². The van der Waals surface area contributed by atoms with Crippen molar-refractivity contribution >= 4 is 93.4 Å². The first-order valence-corrected chi connectivity index (χ1v) is 15.4. The molecule has 0 nitrogen and oxygen atoms in total. The van der Waals surface area contributed by atoms with Gasteiger partial charge >= 0.3 is 161 Å². The molecule has 20 heavy (non-hydrogen) atoms. The average molecular weight is 568 g/mol. The van der Waals surface area contributed by atoms with E-state index in [4.69, 9.17) is 0 Å². The third-order valence-electron chi connectivity index (χ3n) is 3.66. The molecule has 3 heterocycles. The van der Waals surface area contributed by atoms with Crippen molar-refractivity contribution in [2.75, 3.05) is 11.5 Å². The second-order valence-corrected chi connectivity index (χ2v) is 16.4. The number of hydrogen-bond acceptors (Lipinski definition) is 2. The monoisotopic (exact) mass is 572 g/mol. The van der Waals surface area contributed by atoms with Crippen LogP contribution in [0, 0.1) is 0 Å². The number of rotatable bonds is 8. The maximum absolute atomic E-state index is 3.38. The first-order valence-electron chi connectivity index (χ1n) is 7.19. The predicted octanol–water partition coefficient (Wildman–Crippen LogP) is 2.29. The van der Waals surface area contributed by atoms with E-state index in [1.165, 1.54) is 37.2 Å². The molecule has 0 spiro atoms. The summed E-state index contributed by atoms with van der Waals surface area (Å²) in [6.45, 7) is 0. The van der Waals surface area contributed by atoms with E-state index in [2.05, 4.69) is 54.7 Å². The van der Waals surface area contributed by atoms with Crippen LogP contribution in [-0.2, 0) is 0 Å². The van der Waals surface area contributed by atoms with Gasteiger partial charge in [0.15, 0.2) is 0 Å². The molecule has 3 fully saturated rings. The van der Waals surface area contributed by atoms with Gasteiger partial charge in [0.2, 0.25) is 0 Å². The Bertz CT molecular complexity index is 335. The second-order valence-electron chi connectivity index (χ2n) is 5.72. The Balaban J connectivity index is 1.31. The van der Waals surface area contributed by atoms with E-state index in [9.17, 15) is 0 Å². The van der Waals surface area contributed by atoms with Crippen LogP contribution < -0.4 is 0 Å². The summed E-state index contributed by atoms with van der Waals surface area (Å²) in [6, 6.07) is 0. The fourth-order valence-electron chi connectivity index (χ4n) is 2.37. The molecule has 3 aliphatic rings. The third kappa shape index (κ3) is 6.56. The topological polar surface area (TPSA) is 0 Å². The van der Waals surface area contributed by atoms with Crippen LogP contribution in [0.15, 0.2) is 0 Å². The van der Waals surface area contributed by atoms with Crippen molar-refractivity contribution in [3.63, 3.8) is 0 Å². The molecule has 0 saturated carbocycles. The minimum absolute atomic E-state index is 0.908. The van der Waals surface area contributed by atoms with Crippen LogP contribution in [0.4, 0.5) is 0 Å². The van der Waals surface area contributed by atoms with Gasteiger partial charge in [-0.15, -0.1) is 0 Å². The molecule has 4 unspecified atom stereocenters. The molecule has 0 aromatic heterocycles. The zero-order valence-corrected chi connectivity index (χ0v) is 19.9. The Morgan fingerprint density at radius 1 is 0.800 bits per heavy atom. The van der Waals surface area contributed by atoms with Crippen LogP contribution in [0.3, 0.4) is 0 Å². The van der Waals surface area contributed by atoms with Gasteiger partial charge in [-0.2, -0.15) is 0 Å². The van der Waals surface area contributed by atoms with Crippen LogP contribution in [0.2, 0.25) is 20.3 Å². The predicted molar refractivity (Wildman–Crippen MR) is 101 cm³/mol. The third-order valence-corrected chi connectivity index (χ3v) is 15.0. The van der Waals surface area contributed by atoms with Crippen LogP contribution >= 0.6 is 23.5 Å². The Labute approximate surface area is 159 Å². The first kappa shape index (κ1) is 17.3. The Hall–Kier alpha value is 2.52. The molecule has 3 aliphatic heterocycles. The van der Waals surface area contributed by atoms with Crippen molar-refractivity contribution in [3.05, 3.63) is 0 Å². The summed E-state index contributed by atoms with van der Waals surface area (Å²) in [4.78, 5) is 2.14. The minimum atomic E-state index is 0.908. The van der Waals surface area contributed by atoms with Crippen molar-refractivity contribution in [2.45, 2.75) is 56.5 Å². The fraction of sp³-hybridized carbons (Fsp3) is 0.857. The van der Waals surface area contributed by atoms with Gasteiger partial charge in [-0.3, -0.25) is 0 Å². The van der Waals surface area contributed by atoms with Gasteiger partial charge < -0.3 is 0 Å². The van der Waals surface area contributed by atoms with Gasteiger partial charge in [-0.25, -0.2) is 0 Å². The van der Waals surface area contributed by atoms with Gasteiger partial charge in [0.25, 0.3) is 0 Å². The molecule has 3 saturated heterocycles. The number of hydrogen-bond donors (Lipinski definition) is 0. The molecule has 0 radical (unpaired) electrons. The van der Waals surface area contributed by atoms with Crippen molar-refractivity contribution in [1.29, 1.82) is 0 Å². The van der Waals surface area contributed by atoms with Gasteiger partial charge in [-0.05, 0) is 0 Å². The molecule has 6 heteroatoms. The van der Waals surface area contributed by atoms with Gasteiger partial charge in [0.05, 0.1) is 0 Å². The first-order chi connectivity index (χ1) is 9.69. The summed E-state index contributed by atoms with van der Waals surface area (Å²) in [6.07, 6.45) is 5.57. The van der Waals surface area contributed by atoms with Crippen LogP contribution in [0.5, 0.6) is 0 Å². The van der Waals surface area contributed by atoms with Crippen molar-refractivity contribution in [2.24, 2.45) is 0 Å². The van der Waals surface area contributed by atoms with E-state index in [1.54, 1.807) is 19.5 Å². The summed E-state index contributed by atoms with van der Waals surface area (Å²) in [5.74, 6) is 2.83. The molecule has 0 aliphatic carbocycles. The van der Waals surface area contributed by atoms with E-state index in [0.717, 1.165) is 50.0 Å². The summed E-state index contributed by atoms with van der Waals surface area (Å²) in [5.41, 5.74) is 0. The van der Waals surface area contributed by atoms with E-state index in [-0.39, 0.29) is 0 Å². The summed E-state index contributed by atoms with van der Waals surface area (Å²) < 4.78 is 3.37. The van der Waals surface area contributed by atoms with Crippen LogP contribution in [0.25, 0.3) is 0 Å². The zero-order chi connectivity index (χ0) is 13.9. The van der Waals surface area contributed by atoms with Gasteiger partial charge in [0.1, 0.15) is 0 Å². The zero-order valence-electron chi connectivity index (χ0n) is 11.4. The molecule has 3 rings (SSSR count). The normalized spacial score (nSPS) is 35.6. The summed E-state index contributed by atoms with van der Waals surface area (Å²) >= 11 is 12.8. The van der Waals surface area contributed by atoms with Crippen molar-refractivity contribution in [3.8, 4) is 0 Å². The van der Waals surface area contributed by atoms with Gasteiger partial charge in [-0.1, -0.05) is 0 Å². The standard InChI is InChI=1S/C14H20S2Se4/c17-11(1-9-5-15-9)3-13-7-20-14(8-19-13)4-12(18)2-10-6-16-10/h9-10,13-14H,1-8H2. The molecule has 0 amide bonds. The fourth-order valence-corrected chi connectivity index (χ4v) is 14.8. The quantitative estimate of drug-likeness (QED) is 0.326. The molecule has 0 aromatic rings. The van der Waals surface area contributed by atoms with Crippen molar-refractivity contribution < 1.29 is 0 Å². The van der Waals surface area contributed by atoms with Crippen molar-refractivity contribution in [1.82, 2.24) is 0 Å². The average Bonchev–Trinajstić information content (AvgIpc) is 3.28. The number of thioether (sulfide) groups is 2. The Morgan fingerprint density at radius 2 is 1.20 bits per heavy atom. The van der Waals surface area contributed by atoms with E-state index >= 15 is 0 Å². The summed E-state index contributed by atoms with van der Waals surface area (Å²) in [5, 5.41) is 5.08. The Kier molecular flexibility index (Phi) is 7.43. The van der Waals surface area contributed by atoms with E-state index in [0.29, 0.717) is 0 Å². The van der Waals surface area contributed by atoms with Gasteiger partial charge in [0, 0.05) is 0 Å². The summed E-state index contributed by atoms with van der Waals surface area (Å²) in [7, 11) is 0. The molecular formula is C14H20S2Se4. The second kappa shape index (κ2) is 8.57. The molecular weight excluding hydrogens is 548 g/mol. The maximum atomic E-state index is 3.38.